The quantitative estimate of drug-likeness (QED) is 0.642. The van der Waals surface area contributed by atoms with Crippen LogP contribution in [-0.4, -0.2) is 15.3 Å². The highest BCUT2D eigenvalue weighted by Crippen LogP contribution is 2.33. The molecule has 0 saturated carbocycles. The number of rotatable bonds is 1. The highest BCUT2D eigenvalue weighted by Gasteiger charge is 2.06. The normalized spacial score (nSPS) is 10.3. The molecule has 2 aromatic carbocycles. The summed E-state index contributed by atoms with van der Waals surface area (Å²) >= 11 is 0. The summed E-state index contributed by atoms with van der Waals surface area (Å²) < 4.78 is 0. The maximum absolute atomic E-state index is 9.67. The molecule has 0 bridgehead atoms. The van der Waals surface area contributed by atoms with Crippen LogP contribution in [-0.2, 0) is 0 Å². The maximum Gasteiger partial charge on any atom is 0.123 e. The zero-order chi connectivity index (χ0) is 11.7. The fraction of sp³-hybridized carbons (Fsp3) is 0.0769. The van der Waals surface area contributed by atoms with E-state index in [-0.39, 0.29) is 17.2 Å². The molecule has 2 aromatic rings. The van der Waals surface area contributed by atoms with Gasteiger partial charge in [-0.05, 0) is 48.4 Å². The van der Waals surface area contributed by atoms with Crippen LogP contribution in [0.25, 0.3) is 11.1 Å². The molecule has 82 valence electrons. The highest BCUT2D eigenvalue weighted by atomic mass is 16.3. The Morgan fingerprint density at radius 2 is 1.50 bits per heavy atom. The Balaban J connectivity index is 2.58. The van der Waals surface area contributed by atoms with Gasteiger partial charge in [0.2, 0.25) is 0 Å². The van der Waals surface area contributed by atoms with Gasteiger partial charge in [0.05, 0.1) is 0 Å². The van der Waals surface area contributed by atoms with Crippen molar-refractivity contribution in [1.29, 1.82) is 0 Å². The van der Waals surface area contributed by atoms with Crippen LogP contribution in [0.1, 0.15) is 5.56 Å². The van der Waals surface area contributed by atoms with Gasteiger partial charge in [-0.3, -0.25) is 0 Å². The fourth-order valence-corrected chi connectivity index (χ4v) is 1.58. The third-order valence-corrected chi connectivity index (χ3v) is 2.49. The summed E-state index contributed by atoms with van der Waals surface area (Å²) in [6.45, 7) is 1.78. The summed E-state index contributed by atoms with van der Waals surface area (Å²) in [5.74, 6) is 0.407. The summed E-state index contributed by atoms with van der Waals surface area (Å²) in [5.41, 5.74) is 2.02. The molecule has 0 amide bonds. The number of aryl methyl sites for hydroxylation is 1. The highest BCUT2D eigenvalue weighted by molar-refractivity contribution is 5.72. The van der Waals surface area contributed by atoms with Crippen molar-refractivity contribution in [2.75, 3.05) is 0 Å². The van der Waals surface area contributed by atoms with E-state index in [1.54, 1.807) is 25.1 Å². The number of phenolic OH excluding ortho intramolecular Hbond substituents is 3. The predicted octanol–water partition coefficient (Wildman–Crippen LogP) is 2.78. The number of phenols is 3. The number of hydrogen-bond donors (Lipinski definition) is 3. The van der Waals surface area contributed by atoms with Crippen LogP contribution in [0.4, 0.5) is 0 Å². The van der Waals surface area contributed by atoms with Crippen LogP contribution in [0.3, 0.4) is 0 Å². The molecule has 0 fully saturated rings. The average molecular weight is 216 g/mol. The van der Waals surface area contributed by atoms with Gasteiger partial charge in [-0.25, -0.2) is 0 Å². The van der Waals surface area contributed by atoms with Gasteiger partial charge >= 0.3 is 0 Å². The Morgan fingerprint density at radius 1 is 0.812 bits per heavy atom. The summed E-state index contributed by atoms with van der Waals surface area (Å²) in [7, 11) is 0. The number of benzene rings is 2. The van der Waals surface area contributed by atoms with Gasteiger partial charge in [-0.2, -0.15) is 0 Å². The molecule has 3 nitrogen and oxygen atoms in total. The van der Waals surface area contributed by atoms with Gasteiger partial charge in [0.1, 0.15) is 17.2 Å². The topological polar surface area (TPSA) is 60.7 Å². The van der Waals surface area contributed by atoms with Crippen LogP contribution in [0, 0.1) is 6.92 Å². The lowest BCUT2D eigenvalue weighted by Gasteiger charge is -2.07. The molecule has 2 rings (SSSR count). The van der Waals surface area contributed by atoms with Crippen molar-refractivity contribution >= 4 is 0 Å². The molecular weight excluding hydrogens is 204 g/mol. The van der Waals surface area contributed by atoms with E-state index in [1.165, 1.54) is 18.2 Å². The lowest BCUT2D eigenvalue weighted by atomic mass is 10.0. The largest absolute Gasteiger partial charge is 0.508 e. The Hall–Kier alpha value is -2.16. The minimum absolute atomic E-state index is 0.0959. The first-order valence-electron chi connectivity index (χ1n) is 4.90. The van der Waals surface area contributed by atoms with Crippen molar-refractivity contribution in [2.24, 2.45) is 0 Å². The van der Waals surface area contributed by atoms with E-state index in [4.69, 9.17) is 0 Å². The van der Waals surface area contributed by atoms with E-state index in [2.05, 4.69) is 0 Å². The summed E-state index contributed by atoms with van der Waals surface area (Å²) in [5, 5.41) is 28.4. The molecule has 0 unspecified atom stereocenters. The van der Waals surface area contributed by atoms with Gasteiger partial charge in [-0.1, -0.05) is 6.07 Å². The van der Waals surface area contributed by atoms with Crippen LogP contribution in [0.2, 0.25) is 0 Å². The first kappa shape index (κ1) is 10.4. The van der Waals surface area contributed by atoms with Crippen molar-refractivity contribution in [3.63, 3.8) is 0 Å². The summed E-state index contributed by atoms with van der Waals surface area (Å²) in [6.07, 6.45) is 0. The third-order valence-electron chi connectivity index (χ3n) is 2.49. The molecule has 0 aliphatic heterocycles. The fourth-order valence-electron chi connectivity index (χ4n) is 1.58. The van der Waals surface area contributed by atoms with Gasteiger partial charge < -0.3 is 15.3 Å². The summed E-state index contributed by atoms with van der Waals surface area (Å²) in [6, 6.07) is 9.36. The lowest BCUT2D eigenvalue weighted by molar-refractivity contribution is 0.461. The van der Waals surface area contributed by atoms with Gasteiger partial charge in [0.15, 0.2) is 0 Å². The molecule has 0 atom stereocenters. The van der Waals surface area contributed by atoms with Crippen molar-refractivity contribution in [3.8, 4) is 28.4 Å². The summed E-state index contributed by atoms with van der Waals surface area (Å²) in [4.78, 5) is 0. The average Bonchev–Trinajstić information content (AvgIpc) is 2.26. The first-order chi connectivity index (χ1) is 7.58. The lowest BCUT2D eigenvalue weighted by Crippen LogP contribution is -1.81. The Labute approximate surface area is 93.2 Å². The van der Waals surface area contributed by atoms with E-state index in [9.17, 15) is 15.3 Å². The number of hydrogen-bond acceptors (Lipinski definition) is 3. The van der Waals surface area contributed by atoms with Gasteiger partial charge in [0, 0.05) is 5.56 Å². The molecule has 0 aromatic heterocycles. The van der Waals surface area contributed by atoms with Crippen LogP contribution in [0.15, 0.2) is 36.4 Å². The standard InChI is InChI=1S/C13H12O3/c1-8-6-9(2-4-12(8)15)11-7-10(14)3-5-13(11)16/h2-7,14-16H,1H3. The van der Waals surface area contributed by atoms with E-state index >= 15 is 0 Å². The predicted molar refractivity (Wildman–Crippen MR) is 61.6 cm³/mol. The second-order valence-electron chi connectivity index (χ2n) is 3.70. The van der Waals surface area contributed by atoms with Gasteiger partial charge in [0.25, 0.3) is 0 Å². The monoisotopic (exact) mass is 216 g/mol. The smallest absolute Gasteiger partial charge is 0.123 e. The molecule has 3 heteroatoms. The first-order valence-corrected chi connectivity index (χ1v) is 4.90. The molecule has 0 heterocycles. The maximum atomic E-state index is 9.67. The third kappa shape index (κ3) is 1.80. The molecule has 3 N–H and O–H groups in total. The van der Waals surface area contributed by atoms with Crippen molar-refractivity contribution in [1.82, 2.24) is 0 Å². The van der Waals surface area contributed by atoms with Crippen LogP contribution < -0.4 is 0 Å². The molecule has 0 aliphatic rings. The SMILES string of the molecule is Cc1cc(-c2cc(O)ccc2O)ccc1O. The Kier molecular flexibility index (Phi) is 2.44. The van der Waals surface area contributed by atoms with E-state index in [0.29, 0.717) is 5.56 Å². The van der Waals surface area contributed by atoms with E-state index in [0.717, 1.165) is 11.1 Å². The zero-order valence-electron chi connectivity index (χ0n) is 8.81. The molecule has 0 spiro atoms. The second-order valence-corrected chi connectivity index (χ2v) is 3.70. The van der Waals surface area contributed by atoms with E-state index < -0.39 is 0 Å². The second kappa shape index (κ2) is 3.77. The Bertz CT molecular complexity index is 533. The number of aromatic hydroxyl groups is 3. The molecule has 16 heavy (non-hydrogen) atoms. The minimum atomic E-state index is 0.0959. The molecular formula is C13H12O3. The minimum Gasteiger partial charge on any atom is -0.508 e. The molecule has 0 aliphatic carbocycles. The molecule has 0 radical (unpaired) electrons. The Morgan fingerprint density at radius 3 is 2.19 bits per heavy atom. The van der Waals surface area contributed by atoms with Crippen LogP contribution in [0.5, 0.6) is 17.2 Å². The van der Waals surface area contributed by atoms with Crippen molar-refractivity contribution < 1.29 is 15.3 Å². The van der Waals surface area contributed by atoms with Crippen LogP contribution >= 0.6 is 0 Å². The van der Waals surface area contributed by atoms with Crippen molar-refractivity contribution in [3.05, 3.63) is 42.0 Å². The van der Waals surface area contributed by atoms with Gasteiger partial charge in [-0.15, -0.1) is 0 Å². The molecule has 0 saturated heterocycles. The van der Waals surface area contributed by atoms with E-state index in [1.807, 2.05) is 0 Å². The van der Waals surface area contributed by atoms with Crippen molar-refractivity contribution in [2.45, 2.75) is 6.92 Å². The zero-order valence-corrected chi connectivity index (χ0v) is 8.81.